The Hall–Kier alpha value is -1.26. The van der Waals surface area contributed by atoms with E-state index in [4.69, 9.17) is 5.73 Å². The van der Waals surface area contributed by atoms with E-state index < -0.39 is 0 Å². The first kappa shape index (κ1) is 12.8. The SMILES string of the molecule is CCC(CC)n1nc(N(CC)CC)nc1N. The summed E-state index contributed by atoms with van der Waals surface area (Å²) in [6.07, 6.45) is 2.06. The van der Waals surface area contributed by atoms with E-state index in [0.717, 1.165) is 31.9 Å². The van der Waals surface area contributed by atoms with Crippen molar-refractivity contribution >= 4 is 11.9 Å². The van der Waals surface area contributed by atoms with Gasteiger partial charge in [-0.15, -0.1) is 5.10 Å². The Bertz CT molecular complexity index is 312. The number of hydrogen-bond acceptors (Lipinski definition) is 4. The Labute approximate surface area is 97.6 Å². The monoisotopic (exact) mass is 225 g/mol. The molecule has 92 valence electrons. The average molecular weight is 225 g/mol. The lowest BCUT2D eigenvalue weighted by molar-refractivity contribution is 0.433. The Balaban J connectivity index is 2.96. The Morgan fingerprint density at radius 2 is 1.75 bits per heavy atom. The summed E-state index contributed by atoms with van der Waals surface area (Å²) in [6.45, 7) is 10.3. The molecule has 0 unspecified atom stereocenters. The normalized spacial score (nSPS) is 11.1. The number of aromatic nitrogens is 3. The second kappa shape index (κ2) is 5.72. The lowest BCUT2D eigenvalue weighted by atomic mass is 10.2. The predicted octanol–water partition coefficient (Wildman–Crippen LogP) is 2.07. The molecule has 2 N–H and O–H groups in total. The maximum Gasteiger partial charge on any atom is 0.246 e. The number of nitrogens with zero attached hydrogens (tertiary/aromatic N) is 4. The second-order valence-electron chi connectivity index (χ2n) is 3.86. The van der Waals surface area contributed by atoms with Gasteiger partial charge in [0.2, 0.25) is 11.9 Å². The molecule has 0 saturated carbocycles. The van der Waals surface area contributed by atoms with Crippen molar-refractivity contribution in [2.75, 3.05) is 23.7 Å². The van der Waals surface area contributed by atoms with Gasteiger partial charge in [-0.25, -0.2) is 4.68 Å². The highest BCUT2D eigenvalue weighted by Crippen LogP contribution is 2.20. The third-order valence-corrected chi connectivity index (χ3v) is 2.98. The van der Waals surface area contributed by atoms with E-state index in [1.165, 1.54) is 0 Å². The van der Waals surface area contributed by atoms with Crippen LogP contribution in [0.15, 0.2) is 0 Å². The van der Waals surface area contributed by atoms with Crippen LogP contribution in [0.5, 0.6) is 0 Å². The maximum absolute atomic E-state index is 5.90. The fraction of sp³-hybridized carbons (Fsp3) is 0.818. The van der Waals surface area contributed by atoms with Crippen molar-refractivity contribution in [3.05, 3.63) is 0 Å². The molecule has 0 aromatic carbocycles. The van der Waals surface area contributed by atoms with Crippen molar-refractivity contribution in [3.63, 3.8) is 0 Å². The Morgan fingerprint density at radius 3 is 2.19 bits per heavy atom. The van der Waals surface area contributed by atoms with Crippen molar-refractivity contribution in [1.29, 1.82) is 0 Å². The van der Waals surface area contributed by atoms with Gasteiger partial charge in [0.25, 0.3) is 0 Å². The summed E-state index contributed by atoms with van der Waals surface area (Å²) in [7, 11) is 0. The van der Waals surface area contributed by atoms with Crippen LogP contribution in [-0.2, 0) is 0 Å². The third-order valence-electron chi connectivity index (χ3n) is 2.98. The van der Waals surface area contributed by atoms with Gasteiger partial charge in [-0.2, -0.15) is 4.98 Å². The van der Waals surface area contributed by atoms with Crippen LogP contribution < -0.4 is 10.6 Å². The highest BCUT2D eigenvalue weighted by Gasteiger charge is 2.16. The molecule has 0 spiro atoms. The topological polar surface area (TPSA) is 60.0 Å². The smallest absolute Gasteiger partial charge is 0.246 e. The van der Waals surface area contributed by atoms with Gasteiger partial charge in [0.15, 0.2) is 0 Å². The van der Waals surface area contributed by atoms with Gasteiger partial charge in [0, 0.05) is 13.1 Å². The lowest BCUT2D eigenvalue weighted by Gasteiger charge is -2.16. The average Bonchev–Trinajstić information content (AvgIpc) is 2.65. The van der Waals surface area contributed by atoms with Crippen molar-refractivity contribution < 1.29 is 0 Å². The molecular weight excluding hydrogens is 202 g/mol. The van der Waals surface area contributed by atoms with Crippen LogP contribution in [0.2, 0.25) is 0 Å². The van der Waals surface area contributed by atoms with Crippen LogP contribution in [0.25, 0.3) is 0 Å². The molecule has 0 bridgehead atoms. The number of nitrogens with two attached hydrogens (primary N) is 1. The summed E-state index contributed by atoms with van der Waals surface area (Å²) in [5, 5.41) is 4.50. The van der Waals surface area contributed by atoms with Gasteiger partial charge in [0.05, 0.1) is 6.04 Å². The number of anilines is 2. The van der Waals surface area contributed by atoms with Crippen LogP contribution in [0, 0.1) is 0 Å². The second-order valence-corrected chi connectivity index (χ2v) is 3.86. The highest BCUT2D eigenvalue weighted by atomic mass is 15.5. The minimum atomic E-state index is 0.358. The van der Waals surface area contributed by atoms with Crippen molar-refractivity contribution in [2.24, 2.45) is 0 Å². The largest absolute Gasteiger partial charge is 0.368 e. The van der Waals surface area contributed by atoms with Gasteiger partial charge in [-0.3, -0.25) is 0 Å². The van der Waals surface area contributed by atoms with Crippen LogP contribution >= 0.6 is 0 Å². The van der Waals surface area contributed by atoms with Gasteiger partial charge in [-0.1, -0.05) is 13.8 Å². The lowest BCUT2D eigenvalue weighted by Crippen LogP contribution is -2.23. The molecule has 5 heteroatoms. The summed E-state index contributed by atoms with van der Waals surface area (Å²) in [5.74, 6) is 1.27. The quantitative estimate of drug-likeness (QED) is 0.805. The van der Waals surface area contributed by atoms with E-state index in [-0.39, 0.29) is 0 Å². The summed E-state index contributed by atoms with van der Waals surface area (Å²) in [5.41, 5.74) is 5.90. The van der Waals surface area contributed by atoms with E-state index in [9.17, 15) is 0 Å². The van der Waals surface area contributed by atoms with Gasteiger partial charge in [-0.05, 0) is 26.7 Å². The molecule has 0 aliphatic heterocycles. The van der Waals surface area contributed by atoms with Gasteiger partial charge in [0.1, 0.15) is 0 Å². The molecule has 1 rings (SSSR count). The Kier molecular flexibility index (Phi) is 4.58. The number of hydrogen-bond donors (Lipinski definition) is 1. The van der Waals surface area contributed by atoms with Crippen molar-refractivity contribution in [3.8, 4) is 0 Å². The van der Waals surface area contributed by atoms with E-state index in [1.807, 2.05) is 4.68 Å². The summed E-state index contributed by atoms with van der Waals surface area (Å²) < 4.78 is 1.85. The first-order valence-corrected chi connectivity index (χ1v) is 6.14. The third kappa shape index (κ3) is 2.46. The molecule has 16 heavy (non-hydrogen) atoms. The van der Waals surface area contributed by atoms with E-state index in [1.54, 1.807) is 0 Å². The summed E-state index contributed by atoms with van der Waals surface area (Å²) in [4.78, 5) is 6.43. The summed E-state index contributed by atoms with van der Waals surface area (Å²) >= 11 is 0. The van der Waals surface area contributed by atoms with E-state index >= 15 is 0 Å². The molecule has 1 aromatic rings. The molecule has 1 aromatic heterocycles. The first-order valence-electron chi connectivity index (χ1n) is 6.14. The highest BCUT2D eigenvalue weighted by molar-refractivity contribution is 5.34. The molecule has 0 aliphatic carbocycles. The van der Waals surface area contributed by atoms with Crippen LogP contribution in [0.1, 0.15) is 46.6 Å². The molecular formula is C11H23N5. The van der Waals surface area contributed by atoms with Crippen molar-refractivity contribution in [2.45, 2.75) is 46.6 Å². The standard InChI is InChI=1S/C11H23N5/c1-5-9(6-2)16-10(12)13-11(14-16)15(7-3)8-4/h9H,5-8H2,1-4H3,(H2,12,13,14). The maximum atomic E-state index is 5.90. The van der Waals surface area contributed by atoms with E-state index in [2.05, 4.69) is 42.7 Å². The number of nitrogen functional groups attached to an aromatic ring is 1. The molecule has 5 nitrogen and oxygen atoms in total. The molecule has 1 heterocycles. The Morgan fingerprint density at radius 1 is 1.19 bits per heavy atom. The predicted molar refractivity (Wildman–Crippen MR) is 67.6 cm³/mol. The van der Waals surface area contributed by atoms with Gasteiger partial charge >= 0.3 is 0 Å². The molecule has 0 amide bonds. The van der Waals surface area contributed by atoms with Crippen LogP contribution in [0.3, 0.4) is 0 Å². The molecule has 0 saturated heterocycles. The first-order chi connectivity index (χ1) is 7.67. The fourth-order valence-corrected chi connectivity index (χ4v) is 1.87. The molecule has 0 aliphatic rings. The van der Waals surface area contributed by atoms with Crippen LogP contribution in [0.4, 0.5) is 11.9 Å². The summed E-state index contributed by atoms with van der Waals surface area (Å²) in [6, 6.07) is 0.358. The minimum Gasteiger partial charge on any atom is -0.368 e. The zero-order valence-electron chi connectivity index (χ0n) is 10.8. The zero-order valence-corrected chi connectivity index (χ0v) is 10.8. The number of rotatable bonds is 6. The van der Waals surface area contributed by atoms with E-state index in [0.29, 0.717) is 12.0 Å². The van der Waals surface area contributed by atoms with Crippen LogP contribution in [-0.4, -0.2) is 27.9 Å². The zero-order chi connectivity index (χ0) is 12.1. The fourth-order valence-electron chi connectivity index (χ4n) is 1.87. The molecule has 0 atom stereocenters. The minimum absolute atomic E-state index is 0.358. The van der Waals surface area contributed by atoms with Gasteiger partial charge < -0.3 is 10.6 Å². The van der Waals surface area contributed by atoms with Crippen molar-refractivity contribution in [1.82, 2.24) is 14.8 Å². The molecule has 0 fully saturated rings. The molecule has 0 radical (unpaired) electrons.